The maximum atomic E-state index is 13.1. The van der Waals surface area contributed by atoms with Crippen LogP contribution in [-0.4, -0.2) is 8.42 Å². The minimum atomic E-state index is -3.67. The molecule has 4 nitrogen and oxygen atoms in total. The summed E-state index contributed by atoms with van der Waals surface area (Å²) < 4.78 is 35.1. The number of hydrogen-bond acceptors (Lipinski definition) is 3. The zero-order valence-electron chi connectivity index (χ0n) is 18.7. The summed E-state index contributed by atoms with van der Waals surface area (Å²) in [6.45, 7) is 12.6. The zero-order valence-corrected chi connectivity index (χ0v) is 19.5. The van der Waals surface area contributed by atoms with Crippen LogP contribution in [0, 0.1) is 32.1 Å². The molecule has 0 amide bonds. The molecule has 1 aliphatic carbocycles. The van der Waals surface area contributed by atoms with Crippen molar-refractivity contribution in [3.63, 3.8) is 0 Å². The van der Waals surface area contributed by atoms with E-state index in [9.17, 15) is 8.42 Å². The Hall–Kier alpha value is -2.27. The summed E-state index contributed by atoms with van der Waals surface area (Å²) in [7, 11) is -3.67. The third-order valence-corrected chi connectivity index (χ3v) is 8.13. The van der Waals surface area contributed by atoms with Gasteiger partial charge in [0.05, 0.1) is 4.90 Å². The lowest BCUT2D eigenvalue weighted by Crippen LogP contribution is -2.26. The van der Waals surface area contributed by atoms with Gasteiger partial charge in [-0.05, 0) is 85.9 Å². The number of hydrogen-bond donors (Lipinski definition) is 1. The molecule has 0 spiro atoms. The van der Waals surface area contributed by atoms with Crippen LogP contribution < -0.4 is 4.72 Å². The van der Waals surface area contributed by atoms with Crippen LogP contribution in [0.3, 0.4) is 0 Å². The molecule has 0 aliphatic heterocycles. The van der Waals surface area contributed by atoms with E-state index in [-0.39, 0.29) is 5.41 Å². The molecule has 160 valence electrons. The molecular formula is C25H31NO3S. The highest BCUT2D eigenvalue weighted by molar-refractivity contribution is 7.92. The van der Waals surface area contributed by atoms with E-state index in [1.54, 1.807) is 12.1 Å². The fourth-order valence-corrected chi connectivity index (χ4v) is 5.88. The average Bonchev–Trinajstić information content (AvgIpc) is 3.01. The van der Waals surface area contributed by atoms with Gasteiger partial charge in [-0.2, -0.15) is 0 Å². The second-order valence-electron chi connectivity index (χ2n) is 9.83. The molecule has 0 bridgehead atoms. The lowest BCUT2D eigenvalue weighted by Gasteiger charge is -2.33. The van der Waals surface area contributed by atoms with Crippen molar-refractivity contribution < 1.29 is 12.8 Å². The molecule has 3 aromatic rings. The van der Waals surface area contributed by atoms with E-state index in [0.29, 0.717) is 16.5 Å². The SMILES string of the molecule is Cc1cc(C)c(S(=O)(=O)Nc2ccc3oc4c(c3c2)CC(C(C)(C)C)CC4)cc1C. The molecule has 0 saturated carbocycles. The first-order chi connectivity index (χ1) is 14.0. The molecule has 0 saturated heterocycles. The van der Waals surface area contributed by atoms with Gasteiger partial charge in [0.1, 0.15) is 11.3 Å². The van der Waals surface area contributed by atoms with Gasteiger partial charge in [-0.3, -0.25) is 4.72 Å². The lowest BCUT2D eigenvalue weighted by atomic mass is 9.71. The zero-order chi connectivity index (χ0) is 21.8. The maximum absolute atomic E-state index is 13.1. The summed E-state index contributed by atoms with van der Waals surface area (Å²) in [4.78, 5) is 0.327. The molecule has 30 heavy (non-hydrogen) atoms. The number of aryl methyl sites for hydroxylation is 4. The van der Waals surface area contributed by atoms with Gasteiger partial charge in [0.15, 0.2) is 0 Å². The highest BCUT2D eigenvalue weighted by Gasteiger charge is 2.31. The number of furan rings is 1. The first-order valence-corrected chi connectivity index (χ1v) is 12.1. The van der Waals surface area contributed by atoms with Crippen LogP contribution in [0.25, 0.3) is 11.0 Å². The van der Waals surface area contributed by atoms with Crippen LogP contribution in [0.1, 0.15) is 55.2 Å². The van der Waals surface area contributed by atoms with E-state index in [1.807, 2.05) is 39.0 Å². The molecule has 0 fully saturated rings. The van der Waals surface area contributed by atoms with Crippen molar-refractivity contribution >= 4 is 26.7 Å². The van der Waals surface area contributed by atoms with E-state index in [0.717, 1.165) is 52.7 Å². The van der Waals surface area contributed by atoms with Crippen LogP contribution in [0.2, 0.25) is 0 Å². The topological polar surface area (TPSA) is 59.3 Å². The first-order valence-electron chi connectivity index (χ1n) is 10.6. The van der Waals surface area contributed by atoms with E-state index >= 15 is 0 Å². The number of fused-ring (bicyclic) bond motifs is 3. The molecule has 0 radical (unpaired) electrons. The van der Waals surface area contributed by atoms with Crippen molar-refractivity contribution in [2.24, 2.45) is 11.3 Å². The lowest BCUT2D eigenvalue weighted by molar-refractivity contribution is 0.210. The maximum Gasteiger partial charge on any atom is 0.262 e. The summed E-state index contributed by atoms with van der Waals surface area (Å²) in [6.07, 6.45) is 3.04. The quantitative estimate of drug-likeness (QED) is 0.535. The monoisotopic (exact) mass is 425 g/mol. The van der Waals surface area contributed by atoms with E-state index in [1.165, 1.54) is 5.56 Å². The van der Waals surface area contributed by atoms with Gasteiger partial charge in [-0.15, -0.1) is 0 Å². The van der Waals surface area contributed by atoms with Crippen molar-refractivity contribution in [3.05, 3.63) is 58.3 Å². The first kappa shape index (κ1) is 21.0. The Labute approximate surface area is 179 Å². The largest absolute Gasteiger partial charge is 0.461 e. The van der Waals surface area contributed by atoms with Crippen molar-refractivity contribution in [2.45, 2.75) is 65.7 Å². The molecular weight excluding hydrogens is 394 g/mol. The third-order valence-electron chi connectivity index (χ3n) is 6.60. The van der Waals surface area contributed by atoms with Crippen LogP contribution >= 0.6 is 0 Å². The minimum Gasteiger partial charge on any atom is -0.461 e. The normalized spacial score (nSPS) is 17.2. The Bertz CT molecular complexity index is 1230. The number of rotatable bonds is 3. The fourth-order valence-electron chi connectivity index (χ4n) is 4.52. The highest BCUT2D eigenvalue weighted by Crippen LogP contribution is 2.41. The van der Waals surface area contributed by atoms with Crippen LogP contribution in [0.5, 0.6) is 0 Å². The Morgan fingerprint density at radius 3 is 2.40 bits per heavy atom. The van der Waals surface area contributed by atoms with E-state index in [4.69, 9.17) is 4.42 Å². The van der Waals surface area contributed by atoms with Crippen LogP contribution in [-0.2, 0) is 22.9 Å². The average molecular weight is 426 g/mol. The van der Waals surface area contributed by atoms with Gasteiger partial charge in [-0.25, -0.2) is 8.42 Å². The summed E-state index contributed by atoms with van der Waals surface area (Å²) in [6, 6.07) is 9.26. The Balaban J connectivity index is 1.70. The standard InChI is InChI=1S/C25H31NO3S/c1-15-11-17(3)24(12-16(15)2)30(27,28)26-19-8-10-23-21(14-19)20-13-18(25(4,5)6)7-9-22(20)29-23/h8,10-12,14,18,26H,7,9,13H2,1-6H3. The summed E-state index contributed by atoms with van der Waals surface area (Å²) in [5.74, 6) is 1.64. The minimum absolute atomic E-state index is 0.237. The van der Waals surface area contributed by atoms with Crippen molar-refractivity contribution in [1.82, 2.24) is 0 Å². The summed E-state index contributed by atoms with van der Waals surface area (Å²) in [5.41, 5.74) is 5.68. The molecule has 5 heteroatoms. The Kier molecular flexibility index (Phi) is 5.00. The Morgan fingerprint density at radius 1 is 1.00 bits per heavy atom. The predicted molar refractivity (Wildman–Crippen MR) is 123 cm³/mol. The molecule has 1 N–H and O–H groups in total. The molecule has 1 unspecified atom stereocenters. The van der Waals surface area contributed by atoms with Gasteiger partial charge >= 0.3 is 0 Å². The third kappa shape index (κ3) is 3.76. The van der Waals surface area contributed by atoms with Gasteiger partial charge in [-0.1, -0.05) is 26.8 Å². The van der Waals surface area contributed by atoms with Gasteiger partial charge in [0.2, 0.25) is 0 Å². The summed E-state index contributed by atoms with van der Waals surface area (Å²) in [5, 5.41) is 1.02. The van der Waals surface area contributed by atoms with Crippen molar-refractivity contribution in [2.75, 3.05) is 4.72 Å². The summed E-state index contributed by atoms with van der Waals surface area (Å²) >= 11 is 0. The number of nitrogens with one attached hydrogen (secondary N) is 1. The number of anilines is 1. The van der Waals surface area contributed by atoms with E-state index < -0.39 is 10.0 Å². The highest BCUT2D eigenvalue weighted by atomic mass is 32.2. The fraction of sp³-hybridized carbons (Fsp3) is 0.440. The van der Waals surface area contributed by atoms with Gasteiger partial charge in [0, 0.05) is 23.1 Å². The second-order valence-corrected chi connectivity index (χ2v) is 11.5. The van der Waals surface area contributed by atoms with E-state index in [2.05, 4.69) is 25.5 Å². The predicted octanol–water partition coefficient (Wildman–Crippen LogP) is 6.31. The van der Waals surface area contributed by atoms with Crippen LogP contribution in [0.15, 0.2) is 39.6 Å². The molecule has 4 rings (SSSR count). The van der Waals surface area contributed by atoms with Crippen molar-refractivity contribution in [1.29, 1.82) is 0 Å². The van der Waals surface area contributed by atoms with Crippen LogP contribution in [0.4, 0.5) is 5.69 Å². The molecule has 1 atom stereocenters. The number of benzene rings is 2. The van der Waals surface area contributed by atoms with Gasteiger partial charge < -0.3 is 4.42 Å². The second kappa shape index (κ2) is 7.16. The molecule has 1 heterocycles. The molecule has 1 aliphatic rings. The van der Waals surface area contributed by atoms with Gasteiger partial charge in [0.25, 0.3) is 10.0 Å². The number of sulfonamides is 1. The van der Waals surface area contributed by atoms with Crippen molar-refractivity contribution in [3.8, 4) is 0 Å². The smallest absolute Gasteiger partial charge is 0.262 e. The molecule has 2 aromatic carbocycles. The molecule has 1 aromatic heterocycles. The Morgan fingerprint density at radius 2 is 1.70 bits per heavy atom.